The van der Waals surface area contributed by atoms with E-state index in [2.05, 4.69) is 0 Å². The Morgan fingerprint density at radius 2 is 1.88 bits per heavy atom. The van der Waals surface area contributed by atoms with Gasteiger partial charge in [-0.3, -0.25) is 14.9 Å². The van der Waals surface area contributed by atoms with E-state index in [0.717, 1.165) is 5.56 Å². The minimum Gasteiger partial charge on any atom is -0.295 e. The molecule has 0 aliphatic rings. The maximum atomic E-state index is 11.3. The molecule has 0 saturated heterocycles. The summed E-state index contributed by atoms with van der Waals surface area (Å²) in [6.07, 6.45) is 3.15. The minimum atomic E-state index is -0.452. The maximum absolute atomic E-state index is 11.3. The van der Waals surface area contributed by atoms with E-state index < -0.39 is 4.92 Å². The summed E-state index contributed by atoms with van der Waals surface area (Å²) in [5.74, 6) is 0.00708. The van der Waals surface area contributed by atoms with Crippen molar-refractivity contribution in [2.45, 2.75) is 13.8 Å². The van der Waals surface area contributed by atoms with Crippen molar-refractivity contribution in [3.05, 3.63) is 46.0 Å². The lowest BCUT2D eigenvalue weighted by Gasteiger charge is -1.97. The van der Waals surface area contributed by atoms with E-state index in [1.54, 1.807) is 18.2 Å². The first-order chi connectivity index (χ1) is 7.50. The first-order valence-electron chi connectivity index (χ1n) is 4.97. The number of carbonyl (C=O) groups excluding carboxylic acids is 1. The van der Waals surface area contributed by atoms with Gasteiger partial charge in [-0.25, -0.2) is 0 Å². The van der Waals surface area contributed by atoms with Crippen molar-refractivity contribution in [2.75, 3.05) is 0 Å². The topological polar surface area (TPSA) is 60.2 Å². The summed E-state index contributed by atoms with van der Waals surface area (Å²) in [5, 5.41) is 10.4. The molecule has 4 heteroatoms. The molecule has 0 bridgehead atoms. The lowest BCUT2D eigenvalue weighted by molar-refractivity contribution is -0.384. The average molecular weight is 219 g/mol. The zero-order chi connectivity index (χ0) is 12.1. The van der Waals surface area contributed by atoms with Gasteiger partial charge < -0.3 is 0 Å². The van der Waals surface area contributed by atoms with Gasteiger partial charge in [0.05, 0.1) is 4.92 Å². The normalized spacial score (nSPS) is 10.9. The second-order valence-electron chi connectivity index (χ2n) is 3.74. The minimum absolute atomic E-state index is 0.0331. The molecule has 84 valence electrons. The van der Waals surface area contributed by atoms with Gasteiger partial charge >= 0.3 is 0 Å². The predicted octanol–water partition coefficient (Wildman–Crippen LogP) is 2.83. The summed E-state index contributed by atoms with van der Waals surface area (Å²) < 4.78 is 0. The quantitative estimate of drug-likeness (QED) is 0.444. The van der Waals surface area contributed by atoms with Crippen LogP contribution in [0.2, 0.25) is 0 Å². The van der Waals surface area contributed by atoms with Crippen molar-refractivity contribution >= 4 is 17.5 Å². The zero-order valence-corrected chi connectivity index (χ0v) is 9.21. The van der Waals surface area contributed by atoms with Crippen LogP contribution in [-0.4, -0.2) is 10.7 Å². The standard InChI is InChI=1S/C12H13NO3/c1-9(2)12(14)8-5-10-3-6-11(7-4-10)13(15)16/h3-9H,1-2H3/b8-5+. The number of nitrogens with zero attached hydrogens (tertiary/aromatic N) is 1. The number of rotatable bonds is 4. The smallest absolute Gasteiger partial charge is 0.269 e. The summed E-state index contributed by atoms with van der Waals surface area (Å²) >= 11 is 0. The van der Waals surface area contributed by atoms with E-state index >= 15 is 0 Å². The molecule has 0 atom stereocenters. The number of nitro groups is 1. The second kappa shape index (κ2) is 5.21. The summed E-state index contributed by atoms with van der Waals surface area (Å²) in [6.45, 7) is 3.64. The van der Waals surface area contributed by atoms with Gasteiger partial charge in [0.2, 0.25) is 0 Å². The number of carbonyl (C=O) groups is 1. The van der Waals surface area contributed by atoms with E-state index in [1.165, 1.54) is 18.2 Å². The Labute approximate surface area is 93.7 Å². The fourth-order valence-electron chi connectivity index (χ4n) is 1.08. The van der Waals surface area contributed by atoms with Crippen LogP contribution in [0, 0.1) is 16.0 Å². The van der Waals surface area contributed by atoms with Crippen LogP contribution in [0.5, 0.6) is 0 Å². The highest BCUT2D eigenvalue weighted by molar-refractivity contribution is 5.94. The molecule has 4 nitrogen and oxygen atoms in total. The number of benzene rings is 1. The molecule has 0 saturated carbocycles. The third-order valence-electron chi connectivity index (χ3n) is 2.11. The van der Waals surface area contributed by atoms with Gasteiger partial charge in [0, 0.05) is 18.1 Å². The summed E-state index contributed by atoms with van der Waals surface area (Å²) in [4.78, 5) is 21.2. The molecule has 0 spiro atoms. The van der Waals surface area contributed by atoms with Gasteiger partial charge in [0.15, 0.2) is 5.78 Å². The third kappa shape index (κ3) is 3.31. The van der Waals surface area contributed by atoms with Gasteiger partial charge in [-0.2, -0.15) is 0 Å². The van der Waals surface area contributed by atoms with Crippen molar-refractivity contribution in [1.29, 1.82) is 0 Å². The number of hydrogen-bond acceptors (Lipinski definition) is 3. The van der Waals surface area contributed by atoms with Crippen LogP contribution in [0.4, 0.5) is 5.69 Å². The van der Waals surface area contributed by atoms with Crippen LogP contribution < -0.4 is 0 Å². The van der Waals surface area contributed by atoms with E-state index in [0.29, 0.717) is 0 Å². The molecule has 0 radical (unpaired) electrons. The highest BCUT2D eigenvalue weighted by atomic mass is 16.6. The van der Waals surface area contributed by atoms with E-state index in [1.807, 2.05) is 13.8 Å². The molecule has 16 heavy (non-hydrogen) atoms. The number of ketones is 1. The predicted molar refractivity (Wildman–Crippen MR) is 62.0 cm³/mol. The number of nitro benzene ring substituents is 1. The Hall–Kier alpha value is -1.97. The van der Waals surface area contributed by atoms with Crippen molar-refractivity contribution in [2.24, 2.45) is 5.92 Å². The van der Waals surface area contributed by atoms with Crippen molar-refractivity contribution < 1.29 is 9.72 Å². The highest BCUT2D eigenvalue weighted by Gasteiger charge is 2.04. The summed E-state index contributed by atoms with van der Waals surface area (Å²) in [5.41, 5.74) is 0.826. The van der Waals surface area contributed by atoms with E-state index in [9.17, 15) is 14.9 Å². The molecule has 1 rings (SSSR count). The summed E-state index contributed by atoms with van der Waals surface area (Å²) in [7, 11) is 0. The van der Waals surface area contributed by atoms with Crippen LogP contribution in [0.15, 0.2) is 30.3 Å². The second-order valence-corrected chi connectivity index (χ2v) is 3.74. The van der Waals surface area contributed by atoms with Gasteiger partial charge in [-0.1, -0.05) is 19.9 Å². The summed E-state index contributed by atoms with van der Waals surface area (Å²) in [6, 6.07) is 6.06. The number of non-ortho nitro benzene ring substituents is 1. The van der Waals surface area contributed by atoms with Crippen LogP contribution >= 0.6 is 0 Å². The zero-order valence-electron chi connectivity index (χ0n) is 9.21. The van der Waals surface area contributed by atoms with Gasteiger partial charge in [-0.15, -0.1) is 0 Å². The molecule has 0 amide bonds. The largest absolute Gasteiger partial charge is 0.295 e. The molecular weight excluding hydrogens is 206 g/mol. The Morgan fingerprint density at radius 3 is 2.31 bits per heavy atom. The lowest BCUT2D eigenvalue weighted by Crippen LogP contribution is -2.01. The van der Waals surface area contributed by atoms with Gasteiger partial charge in [-0.05, 0) is 23.8 Å². The van der Waals surface area contributed by atoms with E-state index in [4.69, 9.17) is 0 Å². The Balaban J connectivity index is 2.76. The van der Waals surface area contributed by atoms with Crippen LogP contribution in [0.1, 0.15) is 19.4 Å². The monoisotopic (exact) mass is 219 g/mol. The van der Waals surface area contributed by atoms with Crippen molar-refractivity contribution in [3.63, 3.8) is 0 Å². The number of hydrogen-bond donors (Lipinski definition) is 0. The molecular formula is C12H13NO3. The van der Waals surface area contributed by atoms with Gasteiger partial charge in [0.1, 0.15) is 0 Å². The average Bonchev–Trinajstić information content (AvgIpc) is 2.26. The third-order valence-corrected chi connectivity index (χ3v) is 2.11. The molecule has 0 unspecified atom stereocenters. The highest BCUT2D eigenvalue weighted by Crippen LogP contribution is 2.13. The van der Waals surface area contributed by atoms with Crippen molar-refractivity contribution in [1.82, 2.24) is 0 Å². The molecule has 0 aromatic heterocycles. The molecule has 0 aliphatic carbocycles. The molecule has 0 fully saturated rings. The van der Waals surface area contributed by atoms with E-state index in [-0.39, 0.29) is 17.4 Å². The fourth-order valence-corrected chi connectivity index (χ4v) is 1.08. The fraction of sp³-hybridized carbons (Fsp3) is 0.250. The SMILES string of the molecule is CC(C)C(=O)/C=C/c1ccc([N+](=O)[O-])cc1. The van der Waals surface area contributed by atoms with Crippen LogP contribution in [0.25, 0.3) is 6.08 Å². The van der Waals surface area contributed by atoms with Crippen LogP contribution in [0.3, 0.4) is 0 Å². The lowest BCUT2D eigenvalue weighted by atomic mass is 10.1. The molecule has 0 aliphatic heterocycles. The maximum Gasteiger partial charge on any atom is 0.269 e. The molecule has 1 aromatic carbocycles. The Bertz CT molecular complexity index is 418. The molecule has 1 aromatic rings. The first kappa shape index (κ1) is 12.1. The van der Waals surface area contributed by atoms with Crippen molar-refractivity contribution in [3.8, 4) is 0 Å². The molecule has 0 N–H and O–H groups in total. The Kier molecular flexibility index (Phi) is 3.94. The first-order valence-corrected chi connectivity index (χ1v) is 4.97. The van der Waals surface area contributed by atoms with Gasteiger partial charge in [0.25, 0.3) is 5.69 Å². The molecule has 0 heterocycles. The Morgan fingerprint density at radius 1 is 1.31 bits per heavy atom. The number of allylic oxidation sites excluding steroid dienone is 1. The van der Waals surface area contributed by atoms with Crippen LogP contribution in [-0.2, 0) is 4.79 Å².